The molecule has 0 bridgehead atoms. The maximum absolute atomic E-state index is 11.6. The fourth-order valence-electron chi connectivity index (χ4n) is 5.32. The zero-order valence-corrected chi connectivity index (χ0v) is 25.4. The smallest absolute Gasteiger partial charge is 0.374 e. The van der Waals surface area contributed by atoms with Crippen molar-refractivity contribution in [3.05, 3.63) is 0 Å². The molecule has 0 aromatic carbocycles. The Hall–Kier alpha value is -0.433. The fourth-order valence-corrected chi connectivity index (χ4v) is 8.18. The molecule has 36 heavy (non-hydrogen) atoms. The van der Waals surface area contributed by atoms with Gasteiger partial charge in [-0.1, -0.05) is 116 Å². The lowest BCUT2D eigenvalue weighted by Gasteiger charge is -2.33. The van der Waals surface area contributed by atoms with E-state index in [-0.39, 0.29) is 12.0 Å². The largest absolute Gasteiger partial charge is 0.501 e. The van der Waals surface area contributed by atoms with Crippen molar-refractivity contribution in [1.82, 2.24) is 5.32 Å². The van der Waals surface area contributed by atoms with Gasteiger partial charge in [0.15, 0.2) is 0 Å². The second-order valence-electron chi connectivity index (χ2n) is 10.7. The molecule has 0 atom stereocenters. The first-order valence-electron chi connectivity index (χ1n) is 15.9. The standard InChI is InChI=1S/C30H61NO4Si/c1-4-30(32)31-27-24-28-36(33-5-2,34-6-3)35-29-25-22-20-18-16-14-12-10-8-7-9-11-13-15-17-19-21-23-26-29/h29H,4-28H2,1-3H3,(H,31,32). The molecule has 1 rings (SSSR count). The SMILES string of the molecule is CCO[Si](CCCNC(=O)CC)(OCC)OC1CCCCCCCCCCCCCCCCCCC1. The second-order valence-corrected chi connectivity index (χ2v) is 13.4. The van der Waals surface area contributed by atoms with Crippen LogP contribution in [0.1, 0.15) is 156 Å². The van der Waals surface area contributed by atoms with E-state index in [0.29, 0.717) is 26.2 Å². The summed E-state index contributed by atoms with van der Waals surface area (Å²) in [4.78, 5) is 11.6. The number of carbonyl (C=O) groups is 1. The first-order chi connectivity index (χ1) is 17.7. The molecule has 1 N–H and O–H groups in total. The van der Waals surface area contributed by atoms with E-state index in [4.69, 9.17) is 13.3 Å². The van der Waals surface area contributed by atoms with Gasteiger partial charge < -0.3 is 18.6 Å². The number of rotatable bonds is 11. The Morgan fingerprint density at radius 3 is 1.42 bits per heavy atom. The summed E-state index contributed by atoms with van der Waals surface area (Å²) in [5.74, 6) is 0.103. The highest BCUT2D eigenvalue weighted by Gasteiger charge is 2.42. The van der Waals surface area contributed by atoms with Gasteiger partial charge >= 0.3 is 8.80 Å². The lowest BCUT2D eigenvalue weighted by Crippen LogP contribution is -2.49. The normalized spacial score (nSPS) is 19.5. The van der Waals surface area contributed by atoms with Crippen molar-refractivity contribution in [3.8, 4) is 0 Å². The zero-order chi connectivity index (χ0) is 26.2. The summed E-state index contributed by atoms with van der Waals surface area (Å²) >= 11 is 0. The summed E-state index contributed by atoms with van der Waals surface area (Å²) in [6.07, 6.45) is 27.2. The minimum atomic E-state index is -2.76. The van der Waals surface area contributed by atoms with E-state index < -0.39 is 8.80 Å². The zero-order valence-electron chi connectivity index (χ0n) is 24.4. The average molecular weight is 528 g/mol. The molecule has 0 radical (unpaired) electrons. The average Bonchev–Trinajstić information content (AvgIpc) is 2.87. The summed E-state index contributed by atoms with van der Waals surface area (Å²) in [6.45, 7) is 7.85. The van der Waals surface area contributed by atoms with E-state index in [0.717, 1.165) is 25.3 Å². The third-order valence-corrected chi connectivity index (χ3v) is 10.5. The van der Waals surface area contributed by atoms with Crippen LogP contribution in [0.3, 0.4) is 0 Å². The molecule has 5 nitrogen and oxygen atoms in total. The number of carbonyl (C=O) groups excluding carboxylic acids is 1. The molecule has 0 aromatic heterocycles. The van der Waals surface area contributed by atoms with Crippen molar-refractivity contribution in [2.45, 2.75) is 168 Å². The van der Waals surface area contributed by atoms with E-state index in [2.05, 4.69) is 5.32 Å². The van der Waals surface area contributed by atoms with Crippen molar-refractivity contribution in [1.29, 1.82) is 0 Å². The lowest BCUT2D eigenvalue weighted by atomic mass is 10.0. The molecule has 0 spiro atoms. The van der Waals surface area contributed by atoms with Gasteiger partial charge in [-0.2, -0.15) is 0 Å². The predicted octanol–water partition coefficient (Wildman–Crippen LogP) is 8.73. The molecule has 6 heteroatoms. The van der Waals surface area contributed by atoms with Crippen molar-refractivity contribution in [2.24, 2.45) is 0 Å². The van der Waals surface area contributed by atoms with Gasteiger partial charge in [-0.3, -0.25) is 4.79 Å². The van der Waals surface area contributed by atoms with Gasteiger partial charge in [0.1, 0.15) is 0 Å². The van der Waals surface area contributed by atoms with Crippen LogP contribution < -0.4 is 5.32 Å². The molecular formula is C30H61NO4Si. The van der Waals surface area contributed by atoms with Crippen LogP contribution >= 0.6 is 0 Å². The van der Waals surface area contributed by atoms with E-state index in [1.54, 1.807) is 0 Å². The molecular weight excluding hydrogens is 466 g/mol. The summed E-state index contributed by atoms with van der Waals surface area (Å²) in [5.41, 5.74) is 0. The minimum absolute atomic E-state index is 0.103. The molecule has 0 saturated heterocycles. The third kappa shape index (κ3) is 17.9. The molecule has 1 fully saturated rings. The Bertz CT molecular complexity index is 479. The van der Waals surface area contributed by atoms with Crippen LogP contribution in [0.5, 0.6) is 0 Å². The number of hydrogen-bond acceptors (Lipinski definition) is 4. The molecule has 0 aliphatic heterocycles. The Balaban J connectivity index is 2.66. The predicted molar refractivity (Wildman–Crippen MR) is 154 cm³/mol. The molecule has 0 aromatic rings. The monoisotopic (exact) mass is 527 g/mol. The Kier molecular flexibility index (Phi) is 22.1. The van der Waals surface area contributed by atoms with Gasteiger partial charge in [0.05, 0.1) is 0 Å². The number of nitrogens with one attached hydrogen (secondary N) is 1. The summed E-state index contributed by atoms with van der Waals surface area (Å²) in [7, 11) is -2.76. The summed E-state index contributed by atoms with van der Waals surface area (Å²) in [5, 5.41) is 2.99. The Labute approximate surface area is 225 Å². The summed E-state index contributed by atoms with van der Waals surface area (Å²) in [6, 6.07) is 0.773. The van der Waals surface area contributed by atoms with Crippen molar-refractivity contribution >= 4 is 14.7 Å². The highest BCUT2D eigenvalue weighted by Crippen LogP contribution is 2.26. The molecule has 0 heterocycles. The Morgan fingerprint density at radius 2 is 1.06 bits per heavy atom. The van der Waals surface area contributed by atoms with E-state index >= 15 is 0 Å². The van der Waals surface area contributed by atoms with Crippen molar-refractivity contribution in [2.75, 3.05) is 19.8 Å². The van der Waals surface area contributed by atoms with Crippen molar-refractivity contribution in [3.63, 3.8) is 0 Å². The summed E-state index contributed by atoms with van der Waals surface area (Å²) < 4.78 is 19.4. The van der Waals surface area contributed by atoms with E-state index in [1.165, 1.54) is 109 Å². The second kappa shape index (κ2) is 23.7. The van der Waals surface area contributed by atoms with Crippen molar-refractivity contribution < 1.29 is 18.1 Å². The van der Waals surface area contributed by atoms with Crippen LogP contribution in [-0.4, -0.2) is 40.6 Å². The quantitative estimate of drug-likeness (QED) is 0.215. The third-order valence-electron chi connectivity index (χ3n) is 7.43. The van der Waals surface area contributed by atoms with E-state index in [9.17, 15) is 4.79 Å². The van der Waals surface area contributed by atoms with Crippen LogP contribution in [0.15, 0.2) is 0 Å². The van der Waals surface area contributed by atoms with Gasteiger partial charge in [0.2, 0.25) is 5.91 Å². The topological polar surface area (TPSA) is 56.8 Å². The first-order valence-corrected chi connectivity index (χ1v) is 17.8. The van der Waals surface area contributed by atoms with Crippen LogP contribution in [0.4, 0.5) is 0 Å². The van der Waals surface area contributed by atoms with Crippen LogP contribution in [0, 0.1) is 0 Å². The fraction of sp³-hybridized carbons (Fsp3) is 0.967. The van der Waals surface area contributed by atoms with Crippen LogP contribution in [0.25, 0.3) is 0 Å². The van der Waals surface area contributed by atoms with Gasteiger partial charge in [0, 0.05) is 38.3 Å². The maximum Gasteiger partial charge on any atom is 0.501 e. The molecule has 1 aliphatic carbocycles. The molecule has 1 saturated carbocycles. The highest BCUT2D eigenvalue weighted by atomic mass is 28.4. The van der Waals surface area contributed by atoms with Crippen LogP contribution in [-0.2, 0) is 18.1 Å². The first kappa shape index (κ1) is 33.6. The minimum Gasteiger partial charge on any atom is -0.374 e. The molecule has 0 unspecified atom stereocenters. The number of hydrogen-bond donors (Lipinski definition) is 1. The van der Waals surface area contributed by atoms with Gasteiger partial charge in [-0.05, 0) is 33.1 Å². The van der Waals surface area contributed by atoms with E-state index in [1.807, 2.05) is 20.8 Å². The molecule has 1 aliphatic rings. The Morgan fingerprint density at radius 1 is 0.667 bits per heavy atom. The van der Waals surface area contributed by atoms with Gasteiger partial charge in [0.25, 0.3) is 0 Å². The van der Waals surface area contributed by atoms with Crippen LogP contribution in [0.2, 0.25) is 6.04 Å². The lowest BCUT2D eigenvalue weighted by molar-refractivity contribution is -0.120. The maximum atomic E-state index is 11.6. The molecule has 1 amide bonds. The highest BCUT2D eigenvalue weighted by molar-refractivity contribution is 6.60. The molecule has 214 valence electrons. The van der Waals surface area contributed by atoms with Gasteiger partial charge in [-0.25, -0.2) is 0 Å². The van der Waals surface area contributed by atoms with Gasteiger partial charge in [-0.15, -0.1) is 0 Å². The number of amides is 1.